The first kappa shape index (κ1) is 20.9. The van der Waals surface area contributed by atoms with Gasteiger partial charge < -0.3 is 14.9 Å². The van der Waals surface area contributed by atoms with Gasteiger partial charge in [-0.05, 0) is 26.0 Å². The molecule has 2 aliphatic heterocycles. The molecule has 0 unspecified atom stereocenters. The van der Waals surface area contributed by atoms with Crippen LogP contribution in [0, 0.1) is 0 Å². The number of nitrogens with one attached hydrogen (secondary N) is 1. The molecule has 2 aliphatic rings. The number of carbonyl (C=O) groups is 1. The molecule has 3 atom stereocenters. The number of rotatable bonds is 6. The van der Waals surface area contributed by atoms with E-state index in [0.29, 0.717) is 31.9 Å². The lowest BCUT2D eigenvalue weighted by atomic mass is 10.1. The van der Waals surface area contributed by atoms with Gasteiger partial charge in [0.1, 0.15) is 0 Å². The van der Waals surface area contributed by atoms with Gasteiger partial charge in [0.05, 0.1) is 18.1 Å². The van der Waals surface area contributed by atoms with Gasteiger partial charge in [0.15, 0.2) is 17.6 Å². The highest BCUT2D eigenvalue weighted by Gasteiger charge is 2.31. The highest BCUT2D eigenvalue weighted by Crippen LogP contribution is 2.20. The molecule has 2 saturated heterocycles. The van der Waals surface area contributed by atoms with Crippen LogP contribution in [0.15, 0.2) is 34.3 Å². The van der Waals surface area contributed by atoms with Crippen molar-refractivity contribution in [3.63, 3.8) is 0 Å². The molecule has 0 radical (unpaired) electrons. The molecule has 0 bridgehead atoms. The van der Waals surface area contributed by atoms with Gasteiger partial charge in [-0.3, -0.25) is 4.79 Å². The normalized spacial score (nSPS) is 27.0. The largest absolute Gasteiger partial charge is 0.389 e. The standard InChI is InChI=1S/C19H27N3O5S/c1-13-10-22(11-14(2)20-13)28(24,25)18-6-4-16(5-7-18)19(15(3)23)21-27-17-8-9-26-12-17/h4-7,13-14,17,20H,8-12H2,1-3H3/b21-19-/t13-,14+,17-/m1/s1. The van der Waals surface area contributed by atoms with Crippen LogP contribution in [-0.4, -0.2) is 68.7 Å². The maximum Gasteiger partial charge on any atom is 0.243 e. The van der Waals surface area contributed by atoms with Crippen molar-refractivity contribution in [1.29, 1.82) is 0 Å². The summed E-state index contributed by atoms with van der Waals surface area (Å²) in [6, 6.07) is 6.39. The predicted molar refractivity (Wildman–Crippen MR) is 105 cm³/mol. The highest BCUT2D eigenvalue weighted by atomic mass is 32.2. The van der Waals surface area contributed by atoms with Gasteiger partial charge in [-0.2, -0.15) is 4.31 Å². The second-order valence-electron chi connectivity index (χ2n) is 7.40. The van der Waals surface area contributed by atoms with Crippen LogP contribution >= 0.6 is 0 Å². The zero-order valence-corrected chi connectivity index (χ0v) is 17.2. The third-order valence-electron chi connectivity index (χ3n) is 4.80. The van der Waals surface area contributed by atoms with Gasteiger partial charge in [-0.15, -0.1) is 0 Å². The lowest BCUT2D eigenvalue weighted by Crippen LogP contribution is -2.55. The Morgan fingerprint density at radius 2 is 1.86 bits per heavy atom. The van der Waals surface area contributed by atoms with Crippen LogP contribution in [0.4, 0.5) is 0 Å². The van der Waals surface area contributed by atoms with Crippen LogP contribution in [0.1, 0.15) is 32.8 Å². The first-order valence-corrected chi connectivity index (χ1v) is 10.9. The van der Waals surface area contributed by atoms with E-state index in [-0.39, 0.29) is 34.6 Å². The molecule has 0 aliphatic carbocycles. The third kappa shape index (κ3) is 4.78. The molecule has 0 amide bonds. The van der Waals surface area contributed by atoms with Crippen molar-refractivity contribution < 1.29 is 22.8 Å². The Bertz CT molecular complexity index is 822. The van der Waals surface area contributed by atoms with Gasteiger partial charge in [0, 0.05) is 44.1 Å². The molecule has 0 saturated carbocycles. The van der Waals surface area contributed by atoms with Crippen LogP contribution in [0.25, 0.3) is 0 Å². The lowest BCUT2D eigenvalue weighted by Gasteiger charge is -2.35. The number of piperazine rings is 1. The average molecular weight is 410 g/mol. The molecule has 1 aromatic carbocycles. The van der Waals surface area contributed by atoms with E-state index < -0.39 is 10.0 Å². The molecule has 2 heterocycles. The van der Waals surface area contributed by atoms with Crippen LogP contribution in [0.2, 0.25) is 0 Å². The molecule has 28 heavy (non-hydrogen) atoms. The van der Waals surface area contributed by atoms with Crippen molar-refractivity contribution in [3.05, 3.63) is 29.8 Å². The van der Waals surface area contributed by atoms with Crippen LogP contribution in [0.5, 0.6) is 0 Å². The third-order valence-corrected chi connectivity index (χ3v) is 6.65. The van der Waals surface area contributed by atoms with E-state index in [1.165, 1.54) is 23.4 Å². The molecule has 1 aromatic rings. The number of Topliss-reactive ketones (excluding diaryl/α,β-unsaturated/α-hetero) is 1. The number of hydrogen-bond acceptors (Lipinski definition) is 7. The maximum absolute atomic E-state index is 13.0. The molecule has 8 nitrogen and oxygen atoms in total. The fourth-order valence-electron chi connectivity index (χ4n) is 3.45. The molecule has 2 fully saturated rings. The molecular weight excluding hydrogens is 382 g/mol. The quantitative estimate of drug-likeness (QED) is 0.559. The van der Waals surface area contributed by atoms with E-state index >= 15 is 0 Å². The van der Waals surface area contributed by atoms with E-state index in [0.717, 1.165) is 6.42 Å². The summed E-state index contributed by atoms with van der Waals surface area (Å²) in [5.74, 6) is -0.251. The van der Waals surface area contributed by atoms with Crippen molar-refractivity contribution in [2.75, 3.05) is 26.3 Å². The van der Waals surface area contributed by atoms with E-state index in [4.69, 9.17) is 9.57 Å². The van der Waals surface area contributed by atoms with Crippen LogP contribution in [-0.2, 0) is 24.4 Å². The van der Waals surface area contributed by atoms with Gasteiger partial charge >= 0.3 is 0 Å². The van der Waals surface area contributed by atoms with Crippen molar-refractivity contribution in [2.45, 2.75) is 50.3 Å². The van der Waals surface area contributed by atoms with Crippen molar-refractivity contribution >= 4 is 21.5 Å². The molecule has 9 heteroatoms. The van der Waals surface area contributed by atoms with Gasteiger partial charge in [-0.1, -0.05) is 17.3 Å². The summed E-state index contributed by atoms with van der Waals surface area (Å²) in [4.78, 5) is 17.6. The monoisotopic (exact) mass is 409 g/mol. The minimum Gasteiger partial charge on any atom is -0.389 e. The summed E-state index contributed by atoms with van der Waals surface area (Å²) in [6.45, 7) is 7.25. The minimum atomic E-state index is -3.60. The van der Waals surface area contributed by atoms with E-state index in [1.807, 2.05) is 13.8 Å². The number of ether oxygens (including phenoxy) is 1. The number of sulfonamides is 1. The fraction of sp³-hybridized carbons (Fsp3) is 0.579. The Kier molecular flexibility index (Phi) is 6.49. The number of hydrogen-bond donors (Lipinski definition) is 1. The summed E-state index contributed by atoms with van der Waals surface area (Å²) in [6.07, 6.45) is 0.568. The van der Waals surface area contributed by atoms with E-state index in [9.17, 15) is 13.2 Å². The Morgan fingerprint density at radius 3 is 2.39 bits per heavy atom. The number of ketones is 1. The van der Waals surface area contributed by atoms with Crippen LogP contribution in [0.3, 0.4) is 0 Å². The van der Waals surface area contributed by atoms with E-state index in [1.54, 1.807) is 12.1 Å². The molecule has 0 aromatic heterocycles. The summed E-state index contributed by atoms with van der Waals surface area (Å²) in [7, 11) is -3.60. The molecule has 0 spiro atoms. The Balaban J connectivity index is 1.79. The summed E-state index contributed by atoms with van der Waals surface area (Å²) in [5, 5.41) is 7.32. The lowest BCUT2D eigenvalue weighted by molar-refractivity contribution is -0.111. The predicted octanol–water partition coefficient (Wildman–Crippen LogP) is 1.16. The second kappa shape index (κ2) is 8.69. The van der Waals surface area contributed by atoms with Crippen molar-refractivity contribution in [3.8, 4) is 0 Å². The summed E-state index contributed by atoms with van der Waals surface area (Å²) in [5.41, 5.74) is 0.688. The zero-order chi connectivity index (χ0) is 20.3. The minimum absolute atomic E-state index is 0.0889. The summed E-state index contributed by atoms with van der Waals surface area (Å²) >= 11 is 0. The number of oxime groups is 1. The van der Waals surface area contributed by atoms with Gasteiger partial charge in [0.25, 0.3) is 0 Å². The average Bonchev–Trinajstić information content (AvgIpc) is 3.15. The van der Waals surface area contributed by atoms with E-state index in [2.05, 4.69) is 10.5 Å². The maximum atomic E-state index is 13.0. The van der Waals surface area contributed by atoms with Crippen molar-refractivity contribution in [2.24, 2.45) is 5.16 Å². The van der Waals surface area contributed by atoms with Gasteiger partial charge in [-0.25, -0.2) is 8.42 Å². The Morgan fingerprint density at radius 1 is 1.21 bits per heavy atom. The fourth-order valence-corrected chi connectivity index (χ4v) is 5.07. The molecule has 3 rings (SSSR count). The number of nitrogens with zero attached hydrogens (tertiary/aromatic N) is 2. The first-order valence-electron chi connectivity index (χ1n) is 9.46. The Hall–Kier alpha value is -1.81. The SMILES string of the molecule is CC(=O)/C(=N/O[C@@H]1CCOC1)c1ccc(S(=O)(=O)N2C[C@@H](C)N[C@@H](C)C2)cc1. The number of carbonyl (C=O) groups excluding carboxylic acids is 1. The van der Waals surface area contributed by atoms with Gasteiger partial charge in [0.2, 0.25) is 10.0 Å². The molecule has 154 valence electrons. The zero-order valence-electron chi connectivity index (χ0n) is 16.4. The second-order valence-corrected chi connectivity index (χ2v) is 9.34. The molecule has 1 N–H and O–H groups in total. The summed E-state index contributed by atoms with van der Waals surface area (Å²) < 4.78 is 32.6. The Labute approximate surface area is 165 Å². The smallest absolute Gasteiger partial charge is 0.243 e. The molecular formula is C19H27N3O5S. The van der Waals surface area contributed by atoms with Crippen molar-refractivity contribution in [1.82, 2.24) is 9.62 Å². The van der Waals surface area contributed by atoms with Crippen LogP contribution < -0.4 is 5.32 Å². The number of benzene rings is 1. The highest BCUT2D eigenvalue weighted by molar-refractivity contribution is 7.89. The topological polar surface area (TPSA) is 97.3 Å². The first-order chi connectivity index (χ1) is 13.3.